The summed E-state index contributed by atoms with van der Waals surface area (Å²) in [5.41, 5.74) is 1.17. The van der Waals surface area contributed by atoms with Crippen molar-refractivity contribution in [1.82, 2.24) is 0 Å². The van der Waals surface area contributed by atoms with Crippen LogP contribution in [0.5, 0.6) is 5.75 Å². The molecule has 13 heavy (non-hydrogen) atoms. The normalized spacial score (nSPS) is 7.08. The fraction of sp³-hybridized carbons (Fsp3) is 0.364. The Morgan fingerprint density at radius 3 is 1.69 bits per heavy atom. The highest BCUT2D eigenvalue weighted by molar-refractivity contribution is 5.44. The van der Waals surface area contributed by atoms with E-state index in [1.54, 1.807) is 12.1 Å². The predicted octanol–water partition coefficient (Wildman–Crippen LogP) is 2.93. The molecule has 0 saturated heterocycles. The van der Waals surface area contributed by atoms with Gasteiger partial charge in [0.25, 0.3) is 0 Å². The molecular weight excluding hydrogens is 164 g/mol. The van der Waals surface area contributed by atoms with Crippen molar-refractivity contribution >= 4 is 6.29 Å². The summed E-state index contributed by atoms with van der Waals surface area (Å²) in [7, 11) is 0. The van der Waals surface area contributed by atoms with E-state index in [0.717, 1.165) is 6.29 Å². The smallest absolute Gasteiger partial charge is 0.116 e. The van der Waals surface area contributed by atoms with E-state index < -0.39 is 0 Å². The van der Waals surface area contributed by atoms with Crippen molar-refractivity contribution < 1.29 is 9.90 Å². The fourth-order valence-electron chi connectivity index (χ4n) is 0.545. The first-order valence-electron chi connectivity index (χ1n) is 4.36. The quantitative estimate of drug-likeness (QED) is 0.626. The van der Waals surface area contributed by atoms with E-state index in [-0.39, 0.29) is 0 Å². The number of rotatable bonds is 0. The first-order valence-corrected chi connectivity index (χ1v) is 4.36. The number of hydrogen-bond acceptors (Lipinski definition) is 2. The molecule has 0 spiro atoms. The van der Waals surface area contributed by atoms with Crippen LogP contribution in [0.1, 0.15) is 26.3 Å². The largest absolute Gasteiger partial charge is 0.508 e. The summed E-state index contributed by atoms with van der Waals surface area (Å²) < 4.78 is 0. The molecule has 0 aliphatic carbocycles. The van der Waals surface area contributed by atoms with Gasteiger partial charge in [-0.15, -0.1) is 0 Å². The van der Waals surface area contributed by atoms with Crippen LogP contribution >= 0.6 is 0 Å². The molecule has 0 aromatic heterocycles. The molecule has 0 amide bonds. The van der Waals surface area contributed by atoms with Crippen LogP contribution in [-0.2, 0) is 4.79 Å². The summed E-state index contributed by atoms with van der Waals surface area (Å²) in [6.45, 7) is 7.43. The first-order chi connectivity index (χ1) is 6.20. The number of benzene rings is 1. The molecule has 0 fully saturated rings. The second-order valence-corrected chi connectivity index (χ2v) is 2.07. The van der Waals surface area contributed by atoms with Gasteiger partial charge >= 0.3 is 0 Å². The van der Waals surface area contributed by atoms with E-state index in [4.69, 9.17) is 9.90 Å². The van der Waals surface area contributed by atoms with Crippen molar-refractivity contribution in [2.75, 3.05) is 0 Å². The highest BCUT2D eigenvalue weighted by Gasteiger charge is 1.82. The molecule has 2 nitrogen and oxygen atoms in total. The summed E-state index contributed by atoms with van der Waals surface area (Å²) >= 11 is 0. The SMILES string of the molecule is CC.CC=O.Cc1ccc(O)cc1. The number of phenols is 1. The third-order valence-corrected chi connectivity index (χ3v) is 1.03. The van der Waals surface area contributed by atoms with Crippen LogP contribution < -0.4 is 0 Å². The van der Waals surface area contributed by atoms with E-state index in [1.165, 1.54) is 12.5 Å². The van der Waals surface area contributed by atoms with Crippen molar-refractivity contribution in [1.29, 1.82) is 0 Å². The predicted molar refractivity (Wildman–Crippen MR) is 55.9 cm³/mol. The van der Waals surface area contributed by atoms with Gasteiger partial charge in [0.15, 0.2) is 0 Å². The third kappa shape index (κ3) is 10.7. The molecule has 2 heteroatoms. The molecule has 0 radical (unpaired) electrons. The van der Waals surface area contributed by atoms with E-state index >= 15 is 0 Å². The van der Waals surface area contributed by atoms with Crippen LogP contribution in [0.15, 0.2) is 24.3 Å². The monoisotopic (exact) mass is 182 g/mol. The summed E-state index contributed by atoms with van der Waals surface area (Å²) in [6.07, 6.45) is 0.750. The molecule has 0 heterocycles. The summed E-state index contributed by atoms with van der Waals surface area (Å²) in [4.78, 5) is 8.81. The first kappa shape index (κ1) is 14.2. The molecule has 74 valence electrons. The average Bonchev–Trinajstić information content (AvgIpc) is 2.15. The topological polar surface area (TPSA) is 37.3 Å². The van der Waals surface area contributed by atoms with Gasteiger partial charge in [-0.1, -0.05) is 31.5 Å². The number of phenolic OH excluding ortho intramolecular Hbond substituents is 1. The highest BCUT2D eigenvalue weighted by atomic mass is 16.3. The minimum atomic E-state index is 0.329. The lowest BCUT2D eigenvalue weighted by Gasteiger charge is -1.89. The van der Waals surface area contributed by atoms with Gasteiger partial charge in [-0.05, 0) is 26.0 Å². The lowest BCUT2D eigenvalue weighted by molar-refractivity contribution is -0.106. The molecule has 1 rings (SSSR count). The van der Waals surface area contributed by atoms with Crippen molar-refractivity contribution in [3.05, 3.63) is 29.8 Å². The Morgan fingerprint density at radius 2 is 1.46 bits per heavy atom. The van der Waals surface area contributed by atoms with Gasteiger partial charge in [0, 0.05) is 0 Å². The standard InChI is InChI=1S/C7H8O.C2H4O.C2H6/c1-6-2-4-7(8)5-3-6;1-2-3;1-2/h2-5,8H,1H3;2H,1H3;1-2H3. The van der Waals surface area contributed by atoms with Gasteiger partial charge in [0.05, 0.1) is 0 Å². The molecule has 0 bridgehead atoms. The maximum Gasteiger partial charge on any atom is 0.116 e. The number of carbonyl (C=O) groups is 1. The molecule has 1 N–H and O–H groups in total. The van der Waals surface area contributed by atoms with Gasteiger partial charge in [0.2, 0.25) is 0 Å². The van der Waals surface area contributed by atoms with Gasteiger partial charge in [0.1, 0.15) is 12.0 Å². The van der Waals surface area contributed by atoms with Crippen molar-refractivity contribution in [2.45, 2.75) is 27.7 Å². The van der Waals surface area contributed by atoms with Crippen LogP contribution in [0.4, 0.5) is 0 Å². The minimum Gasteiger partial charge on any atom is -0.508 e. The number of aromatic hydroxyl groups is 1. The second kappa shape index (κ2) is 10.7. The maximum absolute atomic E-state index is 8.81. The Kier molecular flexibility index (Phi) is 11.7. The Bertz CT molecular complexity index is 181. The molecular formula is C11H18O2. The lowest BCUT2D eigenvalue weighted by Crippen LogP contribution is -1.66. The zero-order valence-corrected chi connectivity index (χ0v) is 8.74. The van der Waals surface area contributed by atoms with E-state index in [1.807, 2.05) is 32.9 Å². The zero-order chi connectivity index (χ0) is 10.7. The number of aryl methyl sites for hydroxylation is 1. The highest BCUT2D eigenvalue weighted by Crippen LogP contribution is 2.07. The Morgan fingerprint density at radius 1 is 1.15 bits per heavy atom. The van der Waals surface area contributed by atoms with Crippen LogP contribution in [0.3, 0.4) is 0 Å². The van der Waals surface area contributed by atoms with Gasteiger partial charge in [-0.3, -0.25) is 0 Å². The fourth-order valence-corrected chi connectivity index (χ4v) is 0.545. The second-order valence-electron chi connectivity index (χ2n) is 2.07. The zero-order valence-electron chi connectivity index (χ0n) is 8.74. The molecule has 0 saturated carbocycles. The number of aldehydes is 1. The molecule has 0 aliphatic heterocycles. The van der Waals surface area contributed by atoms with Crippen LogP contribution in [0.2, 0.25) is 0 Å². The number of carbonyl (C=O) groups excluding carboxylic acids is 1. The Hall–Kier alpha value is -1.31. The molecule has 1 aromatic rings. The van der Waals surface area contributed by atoms with Crippen molar-refractivity contribution in [3.8, 4) is 5.75 Å². The van der Waals surface area contributed by atoms with Crippen molar-refractivity contribution in [2.24, 2.45) is 0 Å². The summed E-state index contributed by atoms with van der Waals surface area (Å²) in [6, 6.07) is 7.09. The summed E-state index contributed by atoms with van der Waals surface area (Å²) in [5, 5.41) is 8.76. The average molecular weight is 182 g/mol. The van der Waals surface area contributed by atoms with Gasteiger partial charge in [-0.2, -0.15) is 0 Å². The van der Waals surface area contributed by atoms with Crippen LogP contribution in [0, 0.1) is 6.92 Å². The minimum absolute atomic E-state index is 0.329. The maximum atomic E-state index is 8.81. The van der Waals surface area contributed by atoms with E-state index in [2.05, 4.69) is 0 Å². The Labute approximate surface area is 80.2 Å². The van der Waals surface area contributed by atoms with Gasteiger partial charge < -0.3 is 9.90 Å². The van der Waals surface area contributed by atoms with Crippen LogP contribution in [-0.4, -0.2) is 11.4 Å². The molecule has 1 aromatic carbocycles. The number of hydrogen-bond donors (Lipinski definition) is 1. The molecule has 0 unspecified atom stereocenters. The third-order valence-electron chi connectivity index (χ3n) is 1.03. The summed E-state index contributed by atoms with van der Waals surface area (Å²) in [5.74, 6) is 0.329. The van der Waals surface area contributed by atoms with E-state index in [9.17, 15) is 0 Å². The van der Waals surface area contributed by atoms with Crippen LogP contribution in [0.25, 0.3) is 0 Å². The lowest BCUT2D eigenvalue weighted by atomic mass is 10.2. The molecule has 0 aliphatic rings. The van der Waals surface area contributed by atoms with Gasteiger partial charge in [-0.25, -0.2) is 0 Å². The van der Waals surface area contributed by atoms with Crippen molar-refractivity contribution in [3.63, 3.8) is 0 Å². The molecule has 0 atom stereocenters. The van der Waals surface area contributed by atoms with E-state index in [0.29, 0.717) is 5.75 Å². The Balaban J connectivity index is 0.